The summed E-state index contributed by atoms with van der Waals surface area (Å²) in [5.74, 6) is 0.848. The van der Waals surface area contributed by atoms with Crippen molar-refractivity contribution in [3.05, 3.63) is 23.2 Å². The Morgan fingerprint density at radius 2 is 2.05 bits per heavy atom. The monoisotopic (exact) mass is 281 g/mol. The molecule has 2 nitrogen and oxygen atoms in total. The van der Waals surface area contributed by atoms with Crippen molar-refractivity contribution in [2.45, 2.75) is 52.0 Å². The van der Waals surface area contributed by atoms with E-state index < -0.39 is 0 Å². The highest BCUT2D eigenvalue weighted by Gasteiger charge is 2.24. The molecule has 0 aliphatic heterocycles. The van der Waals surface area contributed by atoms with E-state index in [2.05, 4.69) is 19.2 Å². The topological polar surface area (TPSA) is 21.3 Å². The lowest BCUT2D eigenvalue weighted by atomic mass is 9.85. The fourth-order valence-corrected chi connectivity index (χ4v) is 2.94. The van der Waals surface area contributed by atoms with E-state index in [0.29, 0.717) is 11.5 Å². The Bertz CT molecular complexity index is 431. The molecule has 1 unspecified atom stereocenters. The lowest BCUT2D eigenvalue weighted by Crippen LogP contribution is -2.19. The molecule has 0 aromatic heterocycles. The molecule has 19 heavy (non-hydrogen) atoms. The minimum absolute atomic E-state index is 0.481. The zero-order valence-electron chi connectivity index (χ0n) is 12.1. The molecule has 1 aliphatic carbocycles. The number of halogens is 1. The summed E-state index contributed by atoms with van der Waals surface area (Å²) in [7, 11) is 1.68. The third-order valence-electron chi connectivity index (χ3n) is 4.11. The molecular weight excluding hydrogens is 258 g/mol. The summed E-state index contributed by atoms with van der Waals surface area (Å²) in [6, 6.07) is 6.29. The zero-order chi connectivity index (χ0) is 13.9. The molecule has 1 fully saturated rings. The molecule has 1 aromatic rings. The van der Waals surface area contributed by atoms with Gasteiger partial charge in [0.2, 0.25) is 0 Å². The molecule has 106 valence electrons. The number of ether oxygens (including phenoxy) is 1. The van der Waals surface area contributed by atoms with E-state index in [1.54, 1.807) is 7.11 Å². The molecule has 0 spiro atoms. The zero-order valence-corrected chi connectivity index (χ0v) is 12.9. The highest BCUT2D eigenvalue weighted by Crippen LogP contribution is 2.36. The van der Waals surface area contributed by atoms with Gasteiger partial charge in [-0.2, -0.15) is 0 Å². The summed E-state index contributed by atoms with van der Waals surface area (Å²) in [4.78, 5) is 0. The summed E-state index contributed by atoms with van der Waals surface area (Å²) < 4.78 is 5.26. The lowest BCUT2D eigenvalue weighted by molar-refractivity contribution is 0.313. The molecule has 2 rings (SSSR count). The van der Waals surface area contributed by atoms with Gasteiger partial charge in [0.15, 0.2) is 0 Å². The van der Waals surface area contributed by atoms with Gasteiger partial charge in [-0.3, -0.25) is 0 Å². The van der Waals surface area contributed by atoms with E-state index in [4.69, 9.17) is 16.3 Å². The summed E-state index contributed by atoms with van der Waals surface area (Å²) in [5.41, 5.74) is 1.47. The van der Waals surface area contributed by atoms with Crippen molar-refractivity contribution in [1.29, 1.82) is 0 Å². The van der Waals surface area contributed by atoms with Gasteiger partial charge >= 0.3 is 0 Å². The van der Waals surface area contributed by atoms with Crippen molar-refractivity contribution in [2.24, 2.45) is 5.41 Å². The number of rotatable bonds is 3. The van der Waals surface area contributed by atoms with Gasteiger partial charge in [0.25, 0.3) is 0 Å². The van der Waals surface area contributed by atoms with Gasteiger partial charge in [0, 0.05) is 12.1 Å². The molecule has 1 aliphatic rings. The van der Waals surface area contributed by atoms with Crippen molar-refractivity contribution in [3.63, 3.8) is 0 Å². The van der Waals surface area contributed by atoms with Gasteiger partial charge in [0.1, 0.15) is 5.75 Å². The molecule has 1 N–H and O–H groups in total. The van der Waals surface area contributed by atoms with Crippen molar-refractivity contribution in [3.8, 4) is 5.75 Å². The van der Waals surface area contributed by atoms with Gasteiger partial charge in [-0.05, 0) is 43.2 Å². The first-order valence-electron chi connectivity index (χ1n) is 7.10. The Kier molecular flexibility index (Phi) is 4.62. The fraction of sp³-hybridized carbons (Fsp3) is 0.625. The largest absolute Gasteiger partial charge is 0.497 e. The maximum atomic E-state index is 6.25. The Hall–Kier alpha value is -0.890. The molecule has 0 amide bonds. The number of hydrogen-bond donors (Lipinski definition) is 1. The van der Waals surface area contributed by atoms with E-state index in [9.17, 15) is 0 Å². The van der Waals surface area contributed by atoms with Crippen LogP contribution >= 0.6 is 11.6 Å². The Morgan fingerprint density at radius 1 is 1.26 bits per heavy atom. The van der Waals surface area contributed by atoms with E-state index >= 15 is 0 Å². The Morgan fingerprint density at radius 3 is 2.79 bits per heavy atom. The summed E-state index contributed by atoms with van der Waals surface area (Å²) >= 11 is 6.25. The van der Waals surface area contributed by atoms with Gasteiger partial charge in [-0.25, -0.2) is 0 Å². The van der Waals surface area contributed by atoms with Gasteiger partial charge in [-0.1, -0.05) is 31.9 Å². The standard InChI is InChI=1S/C16H24ClNO/c1-16(2)9-4-5-12(8-10-16)18-15-11-13(19-3)6-7-14(15)17/h6-7,11-12,18H,4-5,8-10H2,1-3H3. The number of methoxy groups -OCH3 is 1. The Balaban J connectivity index is 2.04. The average Bonchev–Trinajstić information content (AvgIpc) is 2.54. The molecule has 1 aromatic carbocycles. The quantitative estimate of drug-likeness (QED) is 0.777. The minimum atomic E-state index is 0.481. The first-order chi connectivity index (χ1) is 9.00. The predicted octanol–water partition coefficient (Wildman–Crippen LogP) is 5.12. The van der Waals surface area contributed by atoms with Gasteiger partial charge in [0.05, 0.1) is 17.8 Å². The number of benzene rings is 1. The van der Waals surface area contributed by atoms with Crippen LogP contribution in [0.5, 0.6) is 5.75 Å². The van der Waals surface area contributed by atoms with Crippen LogP contribution < -0.4 is 10.1 Å². The third kappa shape index (κ3) is 4.04. The molecule has 0 radical (unpaired) electrons. The van der Waals surface area contributed by atoms with Crippen LogP contribution in [0.25, 0.3) is 0 Å². The average molecular weight is 282 g/mol. The van der Waals surface area contributed by atoms with Gasteiger partial charge in [-0.15, -0.1) is 0 Å². The fourth-order valence-electron chi connectivity index (χ4n) is 2.77. The molecule has 0 heterocycles. The highest BCUT2D eigenvalue weighted by molar-refractivity contribution is 6.33. The molecule has 0 bridgehead atoms. The van der Waals surface area contributed by atoms with E-state index in [1.807, 2.05) is 18.2 Å². The molecule has 1 saturated carbocycles. The Labute approximate surface area is 121 Å². The normalized spacial score (nSPS) is 22.6. The SMILES string of the molecule is COc1ccc(Cl)c(NC2CCCC(C)(C)CC2)c1. The second-order valence-corrected chi connectivity index (χ2v) is 6.69. The van der Waals surface area contributed by atoms with Crippen LogP contribution in [0, 0.1) is 5.41 Å². The maximum Gasteiger partial charge on any atom is 0.121 e. The molecule has 3 heteroatoms. The van der Waals surface area contributed by atoms with Crippen LogP contribution in [0.15, 0.2) is 18.2 Å². The van der Waals surface area contributed by atoms with E-state index in [-0.39, 0.29) is 0 Å². The number of nitrogens with one attached hydrogen (secondary N) is 1. The van der Waals surface area contributed by atoms with Crippen LogP contribution in [0.2, 0.25) is 5.02 Å². The van der Waals surface area contributed by atoms with Crippen LogP contribution in [-0.4, -0.2) is 13.2 Å². The number of hydrogen-bond acceptors (Lipinski definition) is 2. The van der Waals surface area contributed by atoms with E-state index in [1.165, 1.54) is 32.1 Å². The predicted molar refractivity (Wildman–Crippen MR) is 82.3 cm³/mol. The second-order valence-electron chi connectivity index (χ2n) is 6.28. The van der Waals surface area contributed by atoms with Gasteiger partial charge < -0.3 is 10.1 Å². The van der Waals surface area contributed by atoms with Crippen molar-refractivity contribution < 1.29 is 4.74 Å². The summed E-state index contributed by atoms with van der Waals surface area (Å²) in [5, 5.41) is 4.36. The molecular formula is C16H24ClNO. The van der Waals surface area contributed by atoms with E-state index in [0.717, 1.165) is 16.5 Å². The van der Waals surface area contributed by atoms with Crippen LogP contribution in [0.4, 0.5) is 5.69 Å². The first-order valence-corrected chi connectivity index (χ1v) is 7.48. The third-order valence-corrected chi connectivity index (χ3v) is 4.44. The summed E-state index contributed by atoms with van der Waals surface area (Å²) in [6.45, 7) is 4.74. The maximum absolute atomic E-state index is 6.25. The summed E-state index contributed by atoms with van der Waals surface area (Å²) in [6.07, 6.45) is 6.30. The van der Waals surface area contributed by atoms with Crippen LogP contribution in [-0.2, 0) is 0 Å². The number of anilines is 1. The van der Waals surface area contributed by atoms with Crippen molar-refractivity contribution in [1.82, 2.24) is 0 Å². The van der Waals surface area contributed by atoms with Crippen LogP contribution in [0.1, 0.15) is 46.0 Å². The van der Waals surface area contributed by atoms with Crippen molar-refractivity contribution >= 4 is 17.3 Å². The van der Waals surface area contributed by atoms with Crippen LogP contribution in [0.3, 0.4) is 0 Å². The smallest absolute Gasteiger partial charge is 0.121 e. The van der Waals surface area contributed by atoms with Crippen molar-refractivity contribution in [2.75, 3.05) is 12.4 Å². The second kappa shape index (κ2) is 6.04. The highest BCUT2D eigenvalue weighted by atomic mass is 35.5. The molecule has 0 saturated heterocycles. The first kappa shape index (κ1) is 14.5. The molecule has 1 atom stereocenters. The lowest BCUT2D eigenvalue weighted by Gasteiger charge is -2.22. The minimum Gasteiger partial charge on any atom is -0.497 e.